The number of amides is 2. The van der Waals surface area contributed by atoms with Gasteiger partial charge in [-0.05, 0) is 47.6 Å². The topological polar surface area (TPSA) is 74.3 Å². The fraction of sp³-hybridized carbons (Fsp3) is 0.318. The van der Waals surface area contributed by atoms with Gasteiger partial charge in [0.15, 0.2) is 5.13 Å². The molecule has 0 spiro atoms. The van der Waals surface area contributed by atoms with E-state index in [9.17, 15) is 9.59 Å². The molecule has 3 aromatic rings. The van der Waals surface area contributed by atoms with Crippen molar-refractivity contribution in [3.05, 3.63) is 69.4 Å². The van der Waals surface area contributed by atoms with E-state index in [1.54, 1.807) is 28.8 Å². The number of thiazole rings is 1. The van der Waals surface area contributed by atoms with E-state index in [-0.39, 0.29) is 24.3 Å². The maximum absolute atomic E-state index is 12.5. The number of thiophene rings is 1. The summed E-state index contributed by atoms with van der Waals surface area (Å²) in [5.74, 6) is -0.285. The van der Waals surface area contributed by atoms with Crippen molar-refractivity contribution < 1.29 is 9.59 Å². The number of likely N-dealkylation sites (N-methyl/N-ethyl adjacent to an activating group) is 1. The lowest BCUT2D eigenvalue weighted by Gasteiger charge is -2.29. The van der Waals surface area contributed by atoms with Gasteiger partial charge < -0.3 is 5.32 Å². The average Bonchev–Trinajstić information content (AvgIpc) is 3.44. The average molecular weight is 443 g/mol. The Kier molecular flexibility index (Phi) is 8.12. The van der Waals surface area contributed by atoms with E-state index in [1.807, 2.05) is 18.2 Å². The molecular formula is C22H26N4O2S2. The summed E-state index contributed by atoms with van der Waals surface area (Å²) >= 11 is 2.99. The van der Waals surface area contributed by atoms with Gasteiger partial charge in [-0.2, -0.15) is 11.3 Å². The minimum atomic E-state index is -0.209. The first-order valence-electron chi connectivity index (χ1n) is 9.94. The summed E-state index contributed by atoms with van der Waals surface area (Å²) < 4.78 is 0. The highest BCUT2D eigenvalue weighted by atomic mass is 32.1. The number of anilines is 1. The molecule has 1 aromatic carbocycles. The molecule has 0 fully saturated rings. The lowest BCUT2D eigenvalue weighted by molar-refractivity contribution is -0.120. The molecular weight excluding hydrogens is 416 g/mol. The first-order valence-corrected chi connectivity index (χ1v) is 11.8. The summed E-state index contributed by atoms with van der Waals surface area (Å²) in [6.07, 6.45) is 0.187. The Morgan fingerprint density at radius 3 is 2.53 bits per heavy atom. The van der Waals surface area contributed by atoms with Crippen molar-refractivity contribution >= 4 is 39.6 Å². The standard InChI is InChI=1S/C22H26N4O2S2/c1-3-26(4-2)19(17-10-11-29-14-17)13-23-20(27)12-18-15-30-22(24-18)25-21(28)16-8-6-5-7-9-16/h5-11,14-15,19H,3-4,12-13H2,1-2H3,(H,23,27)(H,24,25,28). The molecule has 0 radical (unpaired) electrons. The van der Waals surface area contributed by atoms with E-state index in [0.29, 0.717) is 22.9 Å². The molecule has 3 rings (SSSR count). The fourth-order valence-corrected chi connectivity index (χ4v) is 4.64. The molecule has 0 aliphatic rings. The number of carbonyl (C=O) groups excluding carboxylic acids is 2. The maximum atomic E-state index is 12.5. The van der Waals surface area contributed by atoms with Crippen LogP contribution < -0.4 is 10.6 Å². The highest BCUT2D eigenvalue weighted by Gasteiger charge is 2.19. The Labute approximate surface area is 185 Å². The van der Waals surface area contributed by atoms with Gasteiger partial charge in [0, 0.05) is 17.5 Å². The monoisotopic (exact) mass is 442 g/mol. The first-order chi connectivity index (χ1) is 14.6. The number of hydrogen-bond donors (Lipinski definition) is 2. The molecule has 0 saturated heterocycles. The minimum absolute atomic E-state index is 0.0754. The molecule has 2 aromatic heterocycles. The van der Waals surface area contributed by atoms with E-state index < -0.39 is 0 Å². The molecule has 2 heterocycles. The number of aromatic nitrogens is 1. The fourth-order valence-electron chi connectivity index (χ4n) is 3.23. The molecule has 8 heteroatoms. The number of nitrogens with one attached hydrogen (secondary N) is 2. The van der Waals surface area contributed by atoms with Crippen molar-refractivity contribution in [2.24, 2.45) is 0 Å². The molecule has 1 unspecified atom stereocenters. The zero-order valence-electron chi connectivity index (χ0n) is 17.1. The summed E-state index contributed by atoms with van der Waals surface area (Å²) in [6.45, 7) is 6.66. The van der Waals surface area contributed by atoms with Gasteiger partial charge in [0.2, 0.25) is 5.91 Å². The molecule has 2 N–H and O–H groups in total. The maximum Gasteiger partial charge on any atom is 0.257 e. The Hall–Kier alpha value is -2.55. The van der Waals surface area contributed by atoms with Crippen LogP contribution in [-0.2, 0) is 11.2 Å². The van der Waals surface area contributed by atoms with E-state index in [2.05, 4.69) is 51.2 Å². The Bertz CT molecular complexity index is 937. The van der Waals surface area contributed by atoms with Gasteiger partial charge in [-0.3, -0.25) is 19.8 Å². The molecule has 158 valence electrons. The summed E-state index contributed by atoms with van der Waals surface area (Å²) in [5, 5.41) is 12.3. The van der Waals surface area contributed by atoms with Crippen LogP contribution in [0.15, 0.2) is 52.5 Å². The van der Waals surface area contributed by atoms with Gasteiger partial charge >= 0.3 is 0 Å². The Morgan fingerprint density at radius 2 is 1.87 bits per heavy atom. The number of carbonyl (C=O) groups is 2. The minimum Gasteiger partial charge on any atom is -0.354 e. The van der Waals surface area contributed by atoms with Crippen LogP contribution in [0.3, 0.4) is 0 Å². The van der Waals surface area contributed by atoms with Crippen LogP contribution in [0.2, 0.25) is 0 Å². The predicted octanol–water partition coefficient (Wildman–Crippen LogP) is 4.20. The Balaban J connectivity index is 1.54. The third kappa shape index (κ3) is 5.98. The number of rotatable bonds is 10. The summed E-state index contributed by atoms with van der Waals surface area (Å²) in [6, 6.07) is 11.3. The van der Waals surface area contributed by atoms with Crippen LogP contribution in [-0.4, -0.2) is 41.3 Å². The third-order valence-corrected chi connectivity index (χ3v) is 6.33. The molecule has 0 bridgehead atoms. The molecule has 2 amide bonds. The lowest BCUT2D eigenvalue weighted by atomic mass is 10.1. The highest BCUT2D eigenvalue weighted by molar-refractivity contribution is 7.14. The van der Waals surface area contributed by atoms with Crippen LogP contribution in [0.4, 0.5) is 5.13 Å². The van der Waals surface area contributed by atoms with E-state index in [0.717, 1.165) is 13.1 Å². The van der Waals surface area contributed by atoms with Crippen LogP contribution >= 0.6 is 22.7 Å². The largest absolute Gasteiger partial charge is 0.354 e. The van der Waals surface area contributed by atoms with Gasteiger partial charge in [-0.25, -0.2) is 4.98 Å². The first kappa shape index (κ1) is 22.1. The zero-order chi connectivity index (χ0) is 21.3. The van der Waals surface area contributed by atoms with E-state index >= 15 is 0 Å². The normalized spacial score (nSPS) is 12.0. The molecule has 1 atom stereocenters. The quantitative estimate of drug-likeness (QED) is 0.494. The van der Waals surface area contributed by atoms with Gasteiger partial charge in [0.25, 0.3) is 5.91 Å². The van der Waals surface area contributed by atoms with E-state index in [1.165, 1.54) is 16.9 Å². The molecule has 0 aliphatic heterocycles. The van der Waals surface area contributed by atoms with Crippen molar-refractivity contribution in [2.45, 2.75) is 26.3 Å². The highest BCUT2D eigenvalue weighted by Crippen LogP contribution is 2.22. The van der Waals surface area contributed by atoms with E-state index in [4.69, 9.17) is 0 Å². The lowest BCUT2D eigenvalue weighted by Crippen LogP contribution is -2.38. The summed E-state index contributed by atoms with van der Waals surface area (Å²) in [5.41, 5.74) is 2.45. The van der Waals surface area contributed by atoms with Crippen LogP contribution in [0.5, 0.6) is 0 Å². The smallest absolute Gasteiger partial charge is 0.257 e. The van der Waals surface area contributed by atoms with Crippen LogP contribution in [0, 0.1) is 0 Å². The Morgan fingerprint density at radius 1 is 1.10 bits per heavy atom. The van der Waals surface area contributed by atoms with Crippen molar-refractivity contribution in [1.82, 2.24) is 15.2 Å². The zero-order valence-corrected chi connectivity index (χ0v) is 18.8. The van der Waals surface area contributed by atoms with Gasteiger partial charge in [0.05, 0.1) is 18.2 Å². The second-order valence-corrected chi connectivity index (χ2v) is 8.38. The SMILES string of the molecule is CCN(CC)C(CNC(=O)Cc1csc(NC(=O)c2ccccc2)n1)c1ccsc1. The molecule has 0 aliphatic carbocycles. The number of hydrogen-bond acceptors (Lipinski definition) is 6. The number of benzene rings is 1. The second kappa shape index (κ2) is 11.0. The van der Waals surface area contributed by atoms with Crippen LogP contribution in [0.25, 0.3) is 0 Å². The van der Waals surface area contributed by atoms with Gasteiger partial charge in [0.1, 0.15) is 0 Å². The molecule has 0 saturated carbocycles. The van der Waals surface area contributed by atoms with Crippen LogP contribution in [0.1, 0.15) is 41.5 Å². The van der Waals surface area contributed by atoms with Gasteiger partial charge in [-0.15, -0.1) is 11.3 Å². The van der Waals surface area contributed by atoms with Crippen molar-refractivity contribution in [3.63, 3.8) is 0 Å². The molecule has 6 nitrogen and oxygen atoms in total. The van der Waals surface area contributed by atoms with Crippen molar-refractivity contribution in [1.29, 1.82) is 0 Å². The number of nitrogens with zero attached hydrogens (tertiary/aromatic N) is 2. The van der Waals surface area contributed by atoms with Crippen molar-refractivity contribution in [3.8, 4) is 0 Å². The van der Waals surface area contributed by atoms with Gasteiger partial charge in [-0.1, -0.05) is 32.0 Å². The third-order valence-electron chi connectivity index (χ3n) is 4.82. The second-order valence-electron chi connectivity index (χ2n) is 6.74. The summed E-state index contributed by atoms with van der Waals surface area (Å²) in [4.78, 5) is 31.4. The molecule has 30 heavy (non-hydrogen) atoms. The predicted molar refractivity (Wildman–Crippen MR) is 123 cm³/mol. The summed E-state index contributed by atoms with van der Waals surface area (Å²) in [7, 11) is 0. The van der Waals surface area contributed by atoms with Crippen molar-refractivity contribution in [2.75, 3.05) is 25.0 Å².